The highest BCUT2D eigenvalue weighted by Gasteiger charge is 2.00. The van der Waals surface area contributed by atoms with Gasteiger partial charge in [0.25, 0.3) is 0 Å². The van der Waals surface area contributed by atoms with E-state index in [1.807, 2.05) is 11.9 Å². The fourth-order valence-corrected chi connectivity index (χ4v) is 1.74. The fourth-order valence-electron chi connectivity index (χ4n) is 1.74. The average Bonchev–Trinajstić information content (AvgIpc) is 2.44. The molecule has 0 unspecified atom stereocenters. The molecule has 0 aromatic heterocycles. The molecule has 0 saturated carbocycles. The molecule has 19 heavy (non-hydrogen) atoms. The number of benzene rings is 1. The summed E-state index contributed by atoms with van der Waals surface area (Å²) in [6.45, 7) is 7.29. The SMILES string of the molecule is CC/C(C)=C\C=C(/C)c1ccc(N(C)CCO)cc1. The van der Waals surface area contributed by atoms with Gasteiger partial charge in [0.15, 0.2) is 0 Å². The molecule has 1 aromatic rings. The molecule has 0 saturated heterocycles. The summed E-state index contributed by atoms with van der Waals surface area (Å²) in [5.74, 6) is 0. The van der Waals surface area contributed by atoms with Crippen LogP contribution in [-0.2, 0) is 0 Å². The fraction of sp³-hybridized carbons (Fsp3) is 0.412. The highest BCUT2D eigenvalue weighted by Crippen LogP contribution is 2.19. The number of allylic oxidation sites excluding steroid dienone is 4. The number of aliphatic hydroxyl groups excluding tert-OH is 1. The van der Waals surface area contributed by atoms with Gasteiger partial charge in [0.1, 0.15) is 0 Å². The number of hydrogen-bond donors (Lipinski definition) is 1. The zero-order valence-electron chi connectivity index (χ0n) is 12.5. The van der Waals surface area contributed by atoms with Gasteiger partial charge in [0, 0.05) is 19.3 Å². The molecule has 0 atom stereocenters. The van der Waals surface area contributed by atoms with E-state index in [1.54, 1.807) is 0 Å². The number of aliphatic hydroxyl groups is 1. The second-order valence-electron chi connectivity index (χ2n) is 4.91. The summed E-state index contributed by atoms with van der Waals surface area (Å²) < 4.78 is 0. The Hall–Kier alpha value is -1.54. The largest absolute Gasteiger partial charge is 0.395 e. The molecule has 0 aliphatic carbocycles. The zero-order valence-corrected chi connectivity index (χ0v) is 12.5. The van der Waals surface area contributed by atoms with Crippen molar-refractivity contribution in [2.24, 2.45) is 0 Å². The third-order valence-electron chi connectivity index (χ3n) is 3.37. The van der Waals surface area contributed by atoms with Crippen LogP contribution in [-0.4, -0.2) is 25.3 Å². The van der Waals surface area contributed by atoms with E-state index in [0.717, 1.165) is 12.1 Å². The van der Waals surface area contributed by atoms with E-state index in [9.17, 15) is 0 Å². The van der Waals surface area contributed by atoms with Crippen LogP contribution in [0.3, 0.4) is 0 Å². The van der Waals surface area contributed by atoms with Gasteiger partial charge in [0.2, 0.25) is 0 Å². The number of likely N-dealkylation sites (N-methyl/N-ethyl adjacent to an activating group) is 1. The summed E-state index contributed by atoms with van der Waals surface area (Å²) in [6, 6.07) is 8.45. The van der Waals surface area contributed by atoms with Crippen LogP contribution in [0, 0.1) is 0 Å². The molecule has 1 N–H and O–H groups in total. The van der Waals surface area contributed by atoms with Crippen LogP contribution in [0.2, 0.25) is 0 Å². The lowest BCUT2D eigenvalue weighted by atomic mass is 10.1. The Morgan fingerprint density at radius 3 is 2.32 bits per heavy atom. The Morgan fingerprint density at radius 2 is 1.79 bits per heavy atom. The summed E-state index contributed by atoms with van der Waals surface area (Å²) in [5, 5.41) is 8.93. The van der Waals surface area contributed by atoms with E-state index in [2.05, 4.69) is 57.2 Å². The molecule has 104 valence electrons. The Morgan fingerprint density at radius 1 is 1.16 bits per heavy atom. The molecule has 2 heteroatoms. The maximum Gasteiger partial charge on any atom is 0.0606 e. The third-order valence-corrected chi connectivity index (χ3v) is 3.37. The normalized spacial score (nSPS) is 12.7. The molecule has 0 heterocycles. The third kappa shape index (κ3) is 4.92. The van der Waals surface area contributed by atoms with Crippen molar-refractivity contribution in [2.75, 3.05) is 25.1 Å². The highest BCUT2D eigenvalue weighted by molar-refractivity contribution is 5.67. The molecular weight excluding hydrogens is 234 g/mol. The molecule has 0 bridgehead atoms. The van der Waals surface area contributed by atoms with E-state index >= 15 is 0 Å². The number of rotatable bonds is 6. The molecule has 0 radical (unpaired) electrons. The summed E-state index contributed by atoms with van der Waals surface area (Å²) in [7, 11) is 1.99. The lowest BCUT2D eigenvalue weighted by molar-refractivity contribution is 0.304. The van der Waals surface area contributed by atoms with Gasteiger partial charge in [-0.3, -0.25) is 0 Å². The predicted molar refractivity (Wildman–Crippen MR) is 84.5 cm³/mol. The lowest BCUT2D eigenvalue weighted by Gasteiger charge is -2.18. The molecule has 1 aromatic carbocycles. The van der Waals surface area contributed by atoms with E-state index < -0.39 is 0 Å². The second-order valence-corrected chi connectivity index (χ2v) is 4.91. The molecule has 0 fully saturated rings. The van der Waals surface area contributed by atoms with Crippen molar-refractivity contribution < 1.29 is 5.11 Å². The minimum Gasteiger partial charge on any atom is -0.395 e. The van der Waals surface area contributed by atoms with Gasteiger partial charge in [0.05, 0.1) is 6.61 Å². The van der Waals surface area contributed by atoms with Crippen molar-refractivity contribution >= 4 is 11.3 Å². The van der Waals surface area contributed by atoms with Gasteiger partial charge in [-0.05, 0) is 43.5 Å². The molecule has 2 nitrogen and oxygen atoms in total. The van der Waals surface area contributed by atoms with Gasteiger partial charge in [-0.25, -0.2) is 0 Å². The average molecular weight is 259 g/mol. The van der Waals surface area contributed by atoms with E-state index in [-0.39, 0.29) is 6.61 Å². The maximum atomic E-state index is 8.93. The van der Waals surface area contributed by atoms with E-state index in [1.165, 1.54) is 16.7 Å². The van der Waals surface area contributed by atoms with Gasteiger partial charge in [-0.1, -0.05) is 36.8 Å². The summed E-state index contributed by atoms with van der Waals surface area (Å²) in [5.41, 5.74) is 5.02. The van der Waals surface area contributed by atoms with Crippen molar-refractivity contribution in [1.82, 2.24) is 0 Å². The smallest absolute Gasteiger partial charge is 0.0606 e. The van der Waals surface area contributed by atoms with Gasteiger partial charge >= 0.3 is 0 Å². The Balaban J connectivity index is 2.81. The molecule has 1 rings (SSSR count). The molecular formula is C17H25NO. The number of nitrogens with zero attached hydrogens (tertiary/aromatic N) is 1. The molecule has 0 aliphatic heterocycles. The standard InChI is InChI=1S/C17H25NO/c1-5-14(2)6-7-15(3)16-8-10-17(11-9-16)18(4)12-13-19/h6-11,19H,5,12-13H2,1-4H3/b14-6-,15-7+. The molecule has 0 spiro atoms. The zero-order chi connectivity index (χ0) is 14.3. The Bertz CT molecular complexity index is 443. The topological polar surface area (TPSA) is 23.5 Å². The minimum absolute atomic E-state index is 0.179. The van der Waals surface area contributed by atoms with Crippen LogP contribution in [0.15, 0.2) is 42.0 Å². The first-order chi connectivity index (χ1) is 9.08. The monoisotopic (exact) mass is 259 g/mol. The summed E-state index contributed by atoms with van der Waals surface area (Å²) in [6.07, 6.45) is 5.45. The Labute approximate surface area is 117 Å². The first kappa shape index (κ1) is 15.5. The second kappa shape index (κ2) is 7.80. The number of anilines is 1. The van der Waals surface area contributed by atoms with Crippen molar-refractivity contribution in [1.29, 1.82) is 0 Å². The first-order valence-electron chi connectivity index (χ1n) is 6.85. The van der Waals surface area contributed by atoms with Crippen LogP contribution >= 0.6 is 0 Å². The van der Waals surface area contributed by atoms with Crippen LogP contribution in [0.25, 0.3) is 5.57 Å². The van der Waals surface area contributed by atoms with Crippen LogP contribution < -0.4 is 4.90 Å². The van der Waals surface area contributed by atoms with Gasteiger partial charge in [-0.2, -0.15) is 0 Å². The Kier molecular flexibility index (Phi) is 6.37. The number of hydrogen-bond acceptors (Lipinski definition) is 2. The predicted octanol–water partition coefficient (Wildman–Crippen LogP) is 3.87. The minimum atomic E-state index is 0.179. The molecule has 0 aliphatic rings. The van der Waals surface area contributed by atoms with Crippen LogP contribution in [0.5, 0.6) is 0 Å². The first-order valence-corrected chi connectivity index (χ1v) is 6.85. The maximum absolute atomic E-state index is 8.93. The van der Waals surface area contributed by atoms with Crippen LogP contribution in [0.4, 0.5) is 5.69 Å². The van der Waals surface area contributed by atoms with Gasteiger partial charge < -0.3 is 10.0 Å². The summed E-state index contributed by atoms with van der Waals surface area (Å²) >= 11 is 0. The van der Waals surface area contributed by atoms with E-state index in [4.69, 9.17) is 5.11 Å². The van der Waals surface area contributed by atoms with Crippen molar-refractivity contribution in [3.63, 3.8) is 0 Å². The van der Waals surface area contributed by atoms with Crippen molar-refractivity contribution in [3.8, 4) is 0 Å². The van der Waals surface area contributed by atoms with Gasteiger partial charge in [-0.15, -0.1) is 0 Å². The van der Waals surface area contributed by atoms with Crippen LogP contribution in [0.1, 0.15) is 32.8 Å². The van der Waals surface area contributed by atoms with Crippen molar-refractivity contribution in [3.05, 3.63) is 47.6 Å². The lowest BCUT2D eigenvalue weighted by Crippen LogP contribution is -2.20. The quantitative estimate of drug-likeness (QED) is 0.784. The van der Waals surface area contributed by atoms with Crippen molar-refractivity contribution in [2.45, 2.75) is 27.2 Å². The highest BCUT2D eigenvalue weighted by atomic mass is 16.3. The summed E-state index contributed by atoms with van der Waals surface area (Å²) in [4.78, 5) is 2.05. The van der Waals surface area contributed by atoms with E-state index in [0.29, 0.717) is 6.54 Å². The molecule has 0 amide bonds.